The molecule has 1 aliphatic heterocycles. The number of hydrogen-bond acceptors (Lipinski definition) is 2. The van der Waals surface area contributed by atoms with Crippen molar-refractivity contribution < 1.29 is 5.11 Å². The van der Waals surface area contributed by atoms with Crippen molar-refractivity contribution in [2.75, 3.05) is 13.1 Å². The van der Waals surface area contributed by atoms with Gasteiger partial charge in [0.25, 0.3) is 0 Å². The van der Waals surface area contributed by atoms with Crippen LogP contribution in [0.5, 0.6) is 0 Å². The Morgan fingerprint density at radius 3 is 2.79 bits per heavy atom. The van der Waals surface area contributed by atoms with Crippen LogP contribution < -0.4 is 0 Å². The summed E-state index contributed by atoms with van der Waals surface area (Å²) < 4.78 is 0. The summed E-state index contributed by atoms with van der Waals surface area (Å²) in [7, 11) is 0. The molecular formula is C12H15NO. The molecule has 1 saturated heterocycles. The Labute approximate surface area is 84.2 Å². The van der Waals surface area contributed by atoms with Crippen LogP contribution in [-0.4, -0.2) is 28.7 Å². The molecular weight excluding hydrogens is 174 g/mol. The van der Waals surface area contributed by atoms with E-state index < -0.39 is 0 Å². The van der Waals surface area contributed by atoms with Gasteiger partial charge in [0.2, 0.25) is 0 Å². The minimum absolute atomic E-state index is 0.311. The van der Waals surface area contributed by atoms with Gasteiger partial charge in [0.1, 0.15) is 0 Å². The Kier molecular flexibility index (Phi) is 1.70. The second kappa shape index (κ2) is 2.81. The maximum absolute atomic E-state index is 9.88. The number of aliphatic hydroxyl groups is 1. The van der Waals surface area contributed by atoms with E-state index in [1.807, 2.05) is 6.07 Å². The van der Waals surface area contributed by atoms with Gasteiger partial charge in [-0.15, -0.1) is 0 Å². The van der Waals surface area contributed by atoms with Crippen molar-refractivity contribution in [3.63, 3.8) is 0 Å². The predicted molar refractivity (Wildman–Crippen MR) is 54.8 cm³/mol. The average Bonchev–Trinajstić information content (AvgIpc) is 2.67. The van der Waals surface area contributed by atoms with Crippen LogP contribution in [0, 0.1) is 5.92 Å². The summed E-state index contributed by atoms with van der Waals surface area (Å²) in [6.07, 6.45) is 1.03. The molecule has 1 saturated carbocycles. The van der Waals surface area contributed by atoms with Gasteiger partial charge in [-0.3, -0.25) is 4.90 Å². The molecule has 0 aromatic heterocycles. The summed E-state index contributed by atoms with van der Waals surface area (Å²) in [5, 5.41) is 9.88. The number of hydrogen-bond donors (Lipinski definition) is 1. The van der Waals surface area contributed by atoms with E-state index in [0.29, 0.717) is 5.92 Å². The molecule has 3 rings (SSSR count). The fourth-order valence-corrected chi connectivity index (χ4v) is 2.52. The van der Waals surface area contributed by atoms with Gasteiger partial charge in [-0.05, 0) is 12.0 Å². The molecule has 1 aliphatic carbocycles. The van der Waals surface area contributed by atoms with Crippen LogP contribution in [0.1, 0.15) is 12.0 Å². The van der Waals surface area contributed by atoms with E-state index in [9.17, 15) is 5.11 Å². The summed E-state index contributed by atoms with van der Waals surface area (Å²) in [6.45, 7) is 2.93. The smallest absolute Gasteiger partial charge is 0.0819 e. The minimum atomic E-state index is -0.311. The first-order valence-electron chi connectivity index (χ1n) is 5.25. The number of likely N-dealkylation sites (tertiary alicyclic amines) is 1. The highest BCUT2D eigenvalue weighted by atomic mass is 16.3. The zero-order chi connectivity index (χ0) is 9.60. The second-order valence-corrected chi connectivity index (χ2v) is 4.66. The standard InChI is InChI=1S/C12H15NO/c14-12-6-11(12)8-13(9-12)7-10-4-2-1-3-5-10/h1-5,11,14H,6-9H2/t11-,12+/m1/s1. The Bertz CT molecular complexity index is 337. The fourth-order valence-electron chi connectivity index (χ4n) is 2.52. The van der Waals surface area contributed by atoms with Crippen LogP contribution in [-0.2, 0) is 6.54 Å². The fraction of sp³-hybridized carbons (Fsp3) is 0.500. The summed E-state index contributed by atoms with van der Waals surface area (Å²) in [4.78, 5) is 2.35. The highest BCUT2D eigenvalue weighted by Crippen LogP contribution is 2.49. The van der Waals surface area contributed by atoms with Gasteiger partial charge < -0.3 is 5.11 Å². The topological polar surface area (TPSA) is 23.5 Å². The SMILES string of the molecule is O[C@]12C[C@@H]1CN(Cc1ccccc1)C2. The van der Waals surface area contributed by atoms with Crippen molar-refractivity contribution in [3.8, 4) is 0 Å². The van der Waals surface area contributed by atoms with E-state index in [2.05, 4.69) is 29.2 Å². The lowest BCUT2D eigenvalue weighted by molar-refractivity contribution is 0.126. The van der Waals surface area contributed by atoms with Crippen molar-refractivity contribution in [2.24, 2.45) is 5.92 Å². The highest BCUT2D eigenvalue weighted by Gasteiger charge is 2.58. The van der Waals surface area contributed by atoms with Crippen LogP contribution >= 0.6 is 0 Å². The van der Waals surface area contributed by atoms with Crippen LogP contribution in [0.3, 0.4) is 0 Å². The third-order valence-electron chi connectivity index (χ3n) is 3.42. The second-order valence-electron chi connectivity index (χ2n) is 4.66. The normalized spacial score (nSPS) is 35.6. The van der Waals surface area contributed by atoms with E-state index in [0.717, 1.165) is 26.1 Å². The van der Waals surface area contributed by atoms with Crippen LogP contribution in [0.15, 0.2) is 30.3 Å². The van der Waals surface area contributed by atoms with Gasteiger partial charge in [0, 0.05) is 25.6 Å². The molecule has 0 spiro atoms. The number of β-amino-alcohol motifs (C(OH)–C–C–N with tert-alkyl or cyclic N) is 1. The lowest BCUT2D eigenvalue weighted by Crippen LogP contribution is -2.26. The molecule has 2 heteroatoms. The van der Waals surface area contributed by atoms with Crippen LogP contribution in [0.25, 0.3) is 0 Å². The van der Waals surface area contributed by atoms with E-state index in [4.69, 9.17) is 0 Å². The Hall–Kier alpha value is -0.860. The van der Waals surface area contributed by atoms with Gasteiger partial charge in [0.05, 0.1) is 5.60 Å². The minimum Gasteiger partial charge on any atom is -0.388 e. The average molecular weight is 189 g/mol. The maximum Gasteiger partial charge on any atom is 0.0819 e. The van der Waals surface area contributed by atoms with Crippen LogP contribution in [0.2, 0.25) is 0 Å². The molecule has 2 atom stereocenters. The molecule has 0 radical (unpaired) electrons. The Morgan fingerprint density at radius 2 is 2.14 bits per heavy atom. The first kappa shape index (κ1) is 8.45. The third kappa shape index (κ3) is 1.35. The van der Waals surface area contributed by atoms with Crippen LogP contribution in [0.4, 0.5) is 0 Å². The van der Waals surface area contributed by atoms with Crippen molar-refractivity contribution >= 4 is 0 Å². The predicted octanol–water partition coefficient (Wildman–Crippen LogP) is 1.25. The van der Waals surface area contributed by atoms with E-state index in [-0.39, 0.29) is 5.60 Å². The molecule has 0 amide bonds. The van der Waals surface area contributed by atoms with Crippen molar-refractivity contribution in [3.05, 3.63) is 35.9 Å². The molecule has 1 N–H and O–H groups in total. The van der Waals surface area contributed by atoms with E-state index in [1.54, 1.807) is 0 Å². The van der Waals surface area contributed by atoms with Crippen molar-refractivity contribution in [2.45, 2.75) is 18.6 Å². The first-order chi connectivity index (χ1) is 6.76. The summed E-state index contributed by atoms with van der Waals surface area (Å²) in [5.74, 6) is 0.561. The maximum atomic E-state index is 9.88. The molecule has 14 heavy (non-hydrogen) atoms. The van der Waals surface area contributed by atoms with E-state index >= 15 is 0 Å². The van der Waals surface area contributed by atoms with Gasteiger partial charge in [-0.2, -0.15) is 0 Å². The Balaban J connectivity index is 1.65. The number of rotatable bonds is 2. The zero-order valence-corrected chi connectivity index (χ0v) is 8.19. The van der Waals surface area contributed by atoms with Gasteiger partial charge in [0.15, 0.2) is 0 Å². The third-order valence-corrected chi connectivity index (χ3v) is 3.42. The molecule has 2 aliphatic rings. The zero-order valence-electron chi connectivity index (χ0n) is 8.19. The van der Waals surface area contributed by atoms with Gasteiger partial charge >= 0.3 is 0 Å². The molecule has 1 heterocycles. The first-order valence-corrected chi connectivity index (χ1v) is 5.25. The van der Waals surface area contributed by atoms with Crippen molar-refractivity contribution in [1.82, 2.24) is 4.90 Å². The molecule has 0 unspecified atom stereocenters. The van der Waals surface area contributed by atoms with Gasteiger partial charge in [-0.25, -0.2) is 0 Å². The summed E-state index contributed by atoms with van der Waals surface area (Å²) >= 11 is 0. The number of piperidine rings is 1. The molecule has 1 aromatic rings. The molecule has 1 aromatic carbocycles. The number of benzene rings is 1. The number of fused-ring (bicyclic) bond motifs is 1. The lowest BCUT2D eigenvalue weighted by Gasteiger charge is -2.18. The number of nitrogens with zero attached hydrogens (tertiary/aromatic N) is 1. The molecule has 74 valence electrons. The lowest BCUT2D eigenvalue weighted by atomic mass is 10.2. The highest BCUT2D eigenvalue weighted by molar-refractivity contribution is 5.17. The Morgan fingerprint density at radius 1 is 1.36 bits per heavy atom. The quantitative estimate of drug-likeness (QED) is 0.757. The largest absolute Gasteiger partial charge is 0.388 e. The molecule has 2 fully saturated rings. The molecule has 2 nitrogen and oxygen atoms in total. The monoisotopic (exact) mass is 189 g/mol. The molecule has 0 bridgehead atoms. The summed E-state index contributed by atoms with van der Waals surface area (Å²) in [5.41, 5.74) is 1.03. The van der Waals surface area contributed by atoms with Gasteiger partial charge in [-0.1, -0.05) is 30.3 Å². The van der Waals surface area contributed by atoms with Crippen molar-refractivity contribution in [1.29, 1.82) is 0 Å². The van der Waals surface area contributed by atoms with E-state index in [1.165, 1.54) is 5.56 Å². The summed E-state index contributed by atoms with van der Waals surface area (Å²) in [6, 6.07) is 10.5.